The van der Waals surface area contributed by atoms with Crippen LogP contribution in [0.2, 0.25) is 0 Å². The van der Waals surface area contributed by atoms with Crippen molar-refractivity contribution in [2.45, 2.75) is 18.9 Å². The van der Waals surface area contributed by atoms with Gasteiger partial charge in [0.2, 0.25) is 5.75 Å². The lowest BCUT2D eigenvalue weighted by atomic mass is 10.1. The van der Waals surface area contributed by atoms with Crippen molar-refractivity contribution in [3.63, 3.8) is 0 Å². The van der Waals surface area contributed by atoms with E-state index in [1.165, 1.54) is 11.8 Å². The molecule has 0 unspecified atom stereocenters. The zero-order valence-corrected chi connectivity index (χ0v) is 16.6. The van der Waals surface area contributed by atoms with Gasteiger partial charge in [0.1, 0.15) is 4.32 Å². The van der Waals surface area contributed by atoms with E-state index in [1.807, 2.05) is 0 Å². The number of hydrogen-bond acceptors (Lipinski definition) is 7. The first kappa shape index (κ1) is 19.0. The molecule has 6 nitrogen and oxygen atoms in total. The van der Waals surface area contributed by atoms with Crippen molar-refractivity contribution in [1.82, 2.24) is 4.90 Å². The summed E-state index contributed by atoms with van der Waals surface area (Å²) in [5.74, 6) is 1.49. The Bertz CT molecular complexity index is 718. The quantitative estimate of drug-likeness (QED) is 0.542. The molecule has 140 valence electrons. The topological polar surface area (TPSA) is 57.2 Å². The van der Waals surface area contributed by atoms with Crippen LogP contribution in [0.1, 0.15) is 18.4 Å². The van der Waals surface area contributed by atoms with E-state index in [2.05, 4.69) is 0 Å². The number of rotatable bonds is 6. The van der Waals surface area contributed by atoms with Crippen LogP contribution >= 0.6 is 24.0 Å². The summed E-state index contributed by atoms with van der Waals surface area (Å²) in [5.41, 5.74) is 0.775. The number of benzene rings is 1. The number of amides is 1. The smallest absolute Gasteiger partial charge is 0.266 e. The highest BCUT2D eigenvalue weighted by molar-refractivity contribution is 8.26. The summed E-state index contributed by atoms with van der Waals surface area (Å²) >= 11 is 6.68. The van der Waals surface area contributed by atoms with Crippen molar-refractivity contribution >= 4 is 40.3 Å². The molecule has 1 aromatic rings. The molecule has 0 aromatic heterocycles. The maximum Gasteiger partial charge on any atom is 0.266 e. The monoisotopic (exact) mass is 395 g/mol. The highest BCUT2D eigenvalue weighted by atomic mass is 32.2. The zero-order valence-electron chi connectivity index (χ0n) is 14.9. The van der Waals surface area contributed by atoms with Gasteiger partial charge in [-0.3, -0.25) is 9.69 Å². The summed E-state index contributed by atoms with van der Waals surface area (Å²) in [5, 5.41) is 0. The van der Waals surface area contributed by atoms with E-state index < -0.39 is 0 Å². The molecule has 0 aliphatic carbocycles. The Hall–Kier alpha value is -1.77. The number of hydrogen-bond donors (Lipinski definition) is 0. The Balaban J connectivity index is 1.85. The van der Waals surface area contributed by atoms with Crippen LogP contribution in [-0.2, 0) is 9.53 Å². The van der Waals surface area contributed by atoms with Crippen molar-refractivity contribution < 1.29 is 23.7 Å². The molecule has 0 radical (unpaired) electrons. The highest BCUT2D eigenvalue weighted by Crippen LogP contribution is 2.40. The third-order valence-electron chi connectivity index (χ3n) is 4.27. The molecule has 0 spiro atoms. The lowest BCUT2D eigenvalue weighted by Crippen LogP contribution is -2.35. The zero-order chi connectivity index (χ0) is 18.7. The highest BCUT2D eigenvalue weighted by Gasteiger charge is 2.34. The van der Waals surface area contributed by atoms with E-state index in [4.69, 9.17) is 31.2 Å². The Morgan fingerprint density at radius 1 is 1.27 bits per heavy atom. The van der Waals surface area contributed by atoms with Crippen LogP contribution in [0.15, 0.2) is 17.0 Å². The first-order valence-corrected chi connectivity index (χ1v) is 9.46. The fourth-order valence-corrected chi connectivity index (χ4v) is 4.26. The van der Waals surface area contributed by atoms with Crippen LogP contribution in [0.3, 0.4) is 0 Å². The molecule has 1 aromatic carbocycles. The largest absolute Gasteiger partial charge is 0.493 e. The van der Waals surface area contributed by atoms with Crippen LogP contribution in [0.5, 0.6) is 17.2 Å². The summed E-state index contributed by atoms with van der Waals surface area (Å²) < 4.78 is 22.2. The molecule has 8 heteroatoms. The molecule has 2 aliphatic heterocycles. The van der Waals surface area contributed by atoms with Crippen LogP contribution in [0.25, 0.3) is 6.08 Å². The fourth-order valence-electron chi connectivity index (χ4n) is 2.99. The number of methoxy groups -OCH3 is 3. The van der Waals surface area contributed by atoms with Crippen molar-refractivity contribution in [2.24, 2.45) is 0 Å². The van der Waals surface area contributed by atoms with E-state index in [0.717, 1.165) is 25.0 Å². The molecule has 0 saturated carbocycles. The van der Waals surface area contributed by atoms with Gasteiger partial charge in [-0.05, 0) is 36.6 Å². The minimum Gasteiger partial charge on any atom is -0.493 e. The number of nitrogens with zero attached hydrogens (tertiary/aromatic N) is 1. The van der Waals surface area contributed by atoms with Crippen LogP contribution in [0.4, 0.5) is 0 Å². The SMILES string of the molecule is COc1cc(/C=C2/SC(=S)N(C[C@@H]3CCCO3)C2=O)cc(OC)c1OC. The second-order valence-electron chi connectivity index (χ2n) is 5.89. The lowest BCUT2D eigenvalue weighted by molar-refractivity contribution is -0.123. The minimum atomic E-state index is -0.0933. The van der Waals surface area contributed by atoms with E-state index in [1.54, 1.807) is 44.4 Å². The molecule has 1 amide bonds. The Morgan fingerprint density at radius 3 is 2.50 bits per heavy atom. The normalized spacial score (nSPS) is 21.6. The number of carbonyl (C=O) groups is 1. The maximum atomic E-state index is 12.7. The third-order valence-corrected chi connectivity index (χ3v) is 5.65. The second-order valence-corrected chi connectivity index (χ2v) is 7.56. The molecular weight excluding hydrogens is 374 g/mol. The molecule has 2 saturated heterocycles. The number of ether oxygens (including phenoxy) is 4. The molecule has 2 fully saturated rings. The molecular formula is C18H21NO5S2. The van der Waals surface area contributed by atoms with Crippen molar-refractivity contribution in [3.05, 3.63) is 22.6 Å². The Morgan fingerprint density at radius 2 is 1.96 bits per heavy atom. The number of thiocarbonyl (C=S) groups is 1. The Kier molecular flexibility index (Phi) is 6.05. The molecule has 2 aliphatic rings. The van der Waals surface area contributed by atoms with E-state index in [-0.39, 0.29) is 12.0 Å². The molecule has 1 atom stereocenters. The van der Waals surface area contributed by atoms with Gasteiger partial charge in [-0.2, -0.15) is 0 Å². The van der Waals surface area contributed by atoms with Crippen LogP contribution in [0, 0.1) is 0 Å². The fraction of sp³-hybridized carbons (Fsp3) is 0.444. The summed E-state index contributed by atoms with van der Waals surface area (Å²) in [4.78, 5) is 14.9. The molecule has 26 heavy (non-hydrogen) atoms. The van der Waals surface area contributed by atoms with E-state index >= 15 is 0 Å². The minimum absolute atomic E-state index is 0.0676. The average Bonchev–Trinajstić information content (AvgIpc) is 3.25. The summed E-state index contributed by atoms with van der Waals surface area (Å²) in [6.45, 7) is 1.26. The van der Waals surface area contributed by atoms with Crippen molar-refractivity contribution in [1.29, 1.82) is 0 Å². The number of carbonyl (C=O) groups excluding carboxylic acids is 1. The van der Waals surface area contributed by atoms with Gasteiger partial charge in [0.15, 0.2) is 11.5 Å². The van der Waals surface area contributed by atoms with Gasteiger partial charge in [-0.15, -0.1) is 0 Å². The van der Waals surface area contributed by atoms with E-state index in [0.29, 0.717) is 33.0 Å². The average molecular weight is 396 g/mol. The molecule has 0 N–H and O–H groups in total. The molecule has 2 heterocycles. The summed E-state index contributed by atoms with van der Waals surface area (Å²) in [6.07, 6.45) is 3.85. The first-order chi connectivity index (χ1) is 12.6. The third kappa shape index (κ3) is 3.82. The first-order valence-electron chi connectivity index (χ1n) is 8.24. The van der Waals surface area contributed by atoms with Crippen LogP contribution in [-0.4, -0.2) is 55.7 Å². The predicted octanol–water partition coefficient (Wildman–Crippen LogP) is 3.09. The van der Waals surface area contributed by atoms with Crippen molar-refractivity contribution in [3.8, 4) is 17.2 Å². The van der Waals surface area contributed by atoms with Gasteiger partial charge in [-0.25, -0.2) is 0 Å². The summed E-state index contributed by atoms with van der Waals surface area (Å²) in [7, 11) is 4.67. The standard InChI is InChI=1S/C18H21NO5S2/c1-21-13-7-11(8-14(22-2)16(13)23-3)9-15-17(20)19(18(25)26-15)10-12-5-4-6-24-12/h7-9,12H,4-6,10H2,1-3H3/b15-9+/t12-/m0/s1. The molecule has 0 bridgehead atoms. The van der Waals surface area contributed by atoms with Crippen molar-refractivity contribution in [2.75, 3.05) is 34.5 Å². The van der Waals surface area contributed by atoms with Gasteiger partial charge in [-0.1, -0.05) is 24.0 Å². The Labute approximate surface area is 162 Å². The maximum absolute atomic E-state index is 12.7. The van der Waals surface area contributed by atoms with Gasteiger partial charge in [0.05, 0.1) is 38.9 Å². The predicted molar refractivity (Wildman–Crippen MR) is 105 cm³/mol. The van der Waals surface area contributed by atoms with Gasteiger partial charge < -0.3 is 18.9 Å². The van der Waals surface area contributed by atoms with Crippen LogP contribution < -0.4 is 14.2 Å². The van der Waals surface area contributed by atoms with Gasteiger partial charge in [0, 0.05) is 6.61 Å². The lowest BCUT2D eigenvalue weighted by Gasteiger charge is -2.18. The summed E-state index contributed by atoms with van der Waals surface area (Å²) in [6, 6.07) is 3.60. The second kappa shape index (κ2) is 8.28. The van der Waals surface area contributed by atoms with Gasteiger partial charge in [0.25, 0.3) is 5.91 Å². The molecule has 3 rings (SSSR count). The van der Waals surface area contributed by atoms with E-state index in [9.17, 15) is 4.79 Å². The van der Waals surface area contributed by atoms with Gasteiger partial charge >= 0.3 is 0 Å². The number of thioether (sulfide) groups is 1.